The molecule has 446 valence electrons. The topological polar surface area (TPSA) is 189 Å². The number of pyridine rings is 2. The first kappa shape index (κ1) is 60.3. The number of anilines is 2. The lowest BCUT2D eigenvalue weighted by Crippen LogP contribution is -2.30. The Morgan fingerprint density at radius 2 is 0.878 bits per heavy atom. The molecule has 6 aliphatic rings. The van der Waals surface area contributed by atoms with E-state index in [0.717, 1.165) is 45.0 Å². The summed E-state index contributed by atoms with van der Waals surface area (Å²) in [5, 5.41) is 24.8. The summed E-state index contributed by atoms with van der Waals surface area (Å²) in [5.41, 5.74) is 17.2. The number of amides is 4. The first-order valence-electron chi connectivity index (χ1n) is 29.8. The Morgan fingerprint density at radius 1 is 0.444 bits per heavy atom. The van der Waals surface area contributed by atoms with Crippen LogP contribution in [0.3, 0.4) is 0 Å². The molecule has 14 heteroatoms. The minimum atomic E-state index is -0.398. The third-order valence-electron chi connectivity index (χ3n) is 15.8. The number of allylic oxidation sites excluding steroid dienone is 7. The Labute approximate surface area is 523 Å². The van der Waals surface area contributed by atoms with Crippen molar-refractivity contribution in [1.82, 2.24) is 31.2 Å². The number of Topliss-reactive ketones (excluding diaryl/α,β-unsaturated/α-hetero) is 1. The lowest BCUT2D eigenvalue weighted by atomic mass is 9.80. The minimum absolute atomic E-state index is 0.137. The van der Waals surface area contributed by atoms with Crippen molar-refractivity contribution in [3.05, 3.63) is 331 Å². The fraction of sp³-hybridized carbons (Fsp3) is 0.132. The summed E-state index contributed by atoms with van der Waals surface area (Å²) in [5.74, 6) is -2.01. The van der Waals surface area contributed by atoms with Crippen molar-refractivity contribution in [2.24, 2.45) is 0 Å². The van der Waals surface area contributed by atoms with Crippen LogP contribution < -0.4 is 31.3 Å². The second kappa shape index (κ2) is 27.5. The van der Waals surface area contributed by atoms with Crippen LogP contribution in [-0.4, -0.2) is 49.7 Å². The molecule has 4 amide bonds. The van der Waals surface area contributed by atoms with Gasteiger partial charge in [-0.05, 0) is 133 Å². The summed E-state index contributed by atoms with van der Waals surface area (Å²) in [7, 11) is 0. The van der Waals surface area contributed by atoms with Gasteiger partial charge in [0.25, 0.3) is 23.6 Å². The molecule has 2 aromatic heterocycles. The lowest BCUT2D eigenvalue weighted by molar-refractivity contribution is -0.456. The highest BCUT2D eigenvalue weighted by Crippen LogP contribution is 2.39. The molecule has 4 N–H and O–H groups in total. The van der Waals surface area contributed by atoms with Crippen LogP contribution in [0.4, 0.5) is 17.1 Å². The third kappa shape index (κ3) is 14.4. The summed E-state index contributed by atoms with van der Waals surface area (Å²) in [4.78, 5) is 75.0. The van der Waals surface area contributed by atoms with Gasteiger partial charge in [-0.3, -0.25) is 24.0 Å². The quantitative estimate of drug-likeness (QED) is 0.0848. The van der Waals surface area contributed by atoms with E-state index in [-0.39, 0.29) is 71.6 Å². The van der Waals surface area contributed by atoms with E-state index in [4.69, 9.17) is 0 Å². The lowest BCUT2D eigenvalue weighted by Gasteiger charge is -2.32. The second-order valence-electron chi connectivity index (χ2n) is 22.4. The van der Waals surface area contributed by atoms with Gasteiger partial charge in [-0.25, -0.2) is 9.97 Å². The summed E-state index contributed by atoms with van der Waals surface area (Å²) in [6, 6.07) is 65.7. The predicted molar refractivity (Wildman–Crippen MR) is 349 cm³/mol. The number of benzene rings is 7. The number of aryl methyl sites for hydroxylation is 4. The largest absolute Gasteiger partial charge is 0.871 e. The van der Waals surface area contributed by atoms with Crippen LogP contribution in [0.2, 0.25) is 0 Å². The van der Waals surface area contributed by atoms with Crippen LogP contribution in [0.1, 0.15) is 103 Å². The van der Waals surface area contributed by atoms with Crippen LogP contribution in [0.15, 0.2) is 247 Å². The van der Waals surface area contributed by atoms with Gasteiger partial charge in [-0.2, -0.15) is 4.58 Å². The Bertz CT molecular complexity index is 4130. The number of nitrogens with zero attached hydrogens (tertiary/aromatic N) is 4. The minimum Gasteiger partial charge on any atom is -0.871 e. The molecule has 0 spiro atoms. The van der Waals surface area contributed by atoms with E-state index in [1.807, 2.05) is 109 Å². The van der Waals surface area contributed by atoms with E-state index >= 15 is 0 Å². The molecule has 0 saturated heterocycles. The van der Waals surface area contributed by atoms with Gasteiger partial charge < -0.3 is 31.3 Å². The molecular weight excluding hydrogens is 1120 g/mol. The van der Waals surface area contributed by atoms with E-state index in [1.165, 1.54) is 33.4 Å². The SMILES string of the molecule is Cc1ccc(N(Cc2ccccc2)c2ccc(C3=C([O-])C(=C4C=CC(=[N+](Cc5ccccc5)c5ccc(C)cc5C)C=C4)C3=O)cc2)c(C)c1.O=C1NCc2ccc(cc2)CNC(=O)c2cccc(n2)C(=O)NCc2ccc(cc2)CNC(=O)c2cccc1n2. The van der Waals surface area contributed by atoms with Crippen molar-refractivity contribution in [3.63, 3.8) is 0 Å². The standard InChI is InChI=1S/C46H40N2O2.C30H26N6O4/c1-31-15-25-41(33(3)27-31)47(29-35-11-7-5-8-12-35)39-21-17-37(18-22-39)43-45(49)44(46(43)50)38-19-23-40(24-20-38)48(30-36-13-9-6-10-14-36)42-26-16-32(2)28-34(42)4;37-27-23-3-1-4-24(35-23)28(38)32-16-20-9-13-22(14-10-20)18-34-30(40)26-6-2-5-25(36-26)29(39)33-17-21-11-7-19(8-12-21)15-31-27/h5-28H,29-30H2,1-4H3;1-14H,15-18H2,(H,31,37)(H,32,38)(H,33,39)(H,34,40). The fourth-order valence-corrected chi connectivity index (χ4v) is 10.9. The molecule has 0 atom stereocenters. The van der Waals surface area contributed by atoms with Gasteiger partial charge in [0.2, 0.25) is 11.4 Å². The summed E-state index contributed by atoms with van der Waals surface area (Å²) in [6.07, 6.45) is 7.80. The molecular formula is C76H66N8O6. The van der Waals surface area contributed by atoms with E-state index < -0.39 is 23.6 Å². The molecule has 7 aromatic carbocycles. The summed E-state index contributed by atoms with van der Waals surface area (Å²) >= 11 is 0. The highest BCUT2D eigenvalue weighted by molar-refractivity contribution is 6.39. The van der Waals surface area contributed by atoms with Crippen LogP contribution in [-0.2, 0) is 44.1 Å². The average Bonchev–Trinajstić information content (AvgIpc) is 0.778. The smallest absolute Gasteiger partial charge is 0.270 e. The Morgan fingerprint density at radius 3 is 1.31 bits per heavy atom. The number of rotatable bonds is 8. The zero-order valence-corrected chi connectivity index (χ0v) is 50.4. The van der Waals surface area contributed by atoms with Crippen molar-refractivity contribution in [1.29, 1.82) is 0 Å². The normalized spacial score (nSPS) is 14.2. The maximum absolute atomic E-state index is 13.6. The number of aromatic nitrogens is 2. The first-order valence-corrected chi connectivity index (χ1v) is 29.8. The zero-order chi connectivity index (χ0) is 62.7. The van der Waals surface area contributed by atoms with Crippen LogP contribution in [0.5, 0.6) is 0 Å². The van der Waals surface area contributed by atoms with Gasteiger partial charge >= 0.3 is 0 Å². The molecule has 8 bridgehead atoms. The third-order valence-corrected chi connectivity index (χ3v) is 15.8. The maximum Gasteiger partial charge on any atom is 0.270 e. The summed E-state index contributed by atoms with van der Waals surface area (Å²) in [6.45, 7) is 10.9. The molecule has 2 aliphatic carbocycles. The van der Waals surface area contributed by atoms with Crippen molar-refractivity contribution < 1.29 is 33.7 Å². The number of carbonyl (C=O) groups excluding carboxylic acids is 5. The molecule has 9 aromatic rings. The molecule has 0 unspecified atom stereocenters. The number of hydrogen-bond donors (Lipinski definition) is 4. The average molecular weight is 1190 g/mol. The Kier molecular flexibility index (Phi) is 18.5. The molecule has 14 nitrogen and oxygen atoms in total. The van der Waals surface area contributed by atoms with Gasteiger partial charge in [0, 0.05) is 84.6 Å². The Balaban J connectivity index is 0.000000190. The van der Waals surface area contributed by atoms with Crippen LogP contribution in [0.25, 0.3) is 5.57 Å². The summed E-state index contributed by atoms with van der Waals surface area (Å²) < 4.78 is 2.28. The monoisotopic (exact) mass is 1190 g/mol. The van der Waals surface area contributed by atoms with E-state index in [1.54, 1.807) is 36.4 Å². The second-order valence-corrected chi connectivity index (χ2v) is 22.4. The Hall–Kier alpha value is -11.4. The van der Waals surface area contributed by atoms with Gasteiger partial charge in [-0.1, -0.05) is 169 Å². The molecule has 4 aliphatic heterocycles. The van der Waals surface area contributed by atoms with Gasteiger partial charge in [0.1, 0.15) is 22.8 Å². The highest BCUT2D eigenvalue weighted by Gasteiger charge is 2.31. The maximum atomic E-state index is 13.6. The molecule has 15 rings (SSSR count). The fourth-order valence-electron chi connectivity index (χ4n) is 10.9. The number of ketones is 1. The zero-order valence-electron chi connectivity index (χ0n) is 50.4. The van der Waals surface area contributed by atoms with Gasteiger partial charge in [0.05, 0.1) is 0 Å². The number of hydrogen-bond acceptors (Lipinski definition) is 9. The number of nitrogens with one attached hydrogen (secondary N) is 4. The highest BCUT2D eigenvalue weighted by atomic mass is 16.3. The molecule has 6 heterocycles. The number of carbonyl (C=O) groups is 5. The van der Waals surface area contributed by atoms with Crippen molar-refractivity contribution in [2.75, 3.05) is 4.90 Å². The van der Waals surface area contributed by atoms with Crippen molar-refractivity contribution >= 4 is 57.8 Å². The predicted octanol–water partition coefficient (Wildman–Crippen LogP) is 11.8. The van der Waals surface area contributed by atoms with Crippen molar-refractivity contribution in [2.45, 2.75) is 67.0 Å². The van der Waals surface area contributed by atoms with Crippen LogP contribution in [0, 0.1) is 27.7 Å². The van der Waals surface area contributed by atoms with Crippen molar-refractivity contribution in [3.8, 4) is 0 Å². The van der Waals surface area contributed by atoms with E-state index in [9.17, 15) is 29.1 Å². The van der Waals surface area contributed by atoms with E-state index in [0.29, 0.717) is 24.2 Å². The van der Waals surface area contributed by atoms with Gasteiger partial charge in [0.15, 0.2) is 12.3 Å². The van der Waals surface area contributed by atoms with Crippen LogP contribution >= 0.6 is 0 Å². The molecule has 0 radical (unpaired) electrons. The molecule has 90 heavy (non-hydrogen) atoms. The molecule has 0 saturated carbocycles. The van der Waals surface area contributed by atoms with Gasteiger partial charge in [-0.15, -0.1) is 0 Å². The first-order chi connectivity index (χ1) is 43.7. The molecule has 0 fully saturated rings. The van der Waals surface area contributed by atoms with E-state index in [2.05, 4.69) is 153 Å².